The normalized spacial score (nSPS) is 10.5. The Labute approximate surface area is 181 Å². The molecule has 0 atom stereocenters. The molecule has 0 aliphatic heterocycles. The zero-order valence-electron chi connectivity index (χ0n) is 16.9. The highest BCUT2D eigenvalue weighted by Gasteiger charge is 2.06. The molecular weight excluding hydrogens is 380 g/mol. The highest BCUT2D eigenvalue weighted by molar-refractivity contribution is 5.85. The van der Waals surface area contributed by atoms with Gasteiger partial charge in [0, 0.05) is 41.1 Å². The first kappa shape index (κ1) is 18.7. The lowest BCUT2D eigenvalue weighted by atomic mass is 10.2. The zero-order valence-corrected chi connectivity index (χ0v) is 16.9. The van der Waals surface area contributed by atoms with Crippen LogP contribution in [0.4, 0.5) is 11.5 Å². The topological polar surface area (TPSA) is 42.7 Å². The first-order valence-corrected chi connectivity index (χ1v) is 10.1. The van der Waals surface area contributed by atoms with Gasteiger partial charge in [0.15, 0.2) is 0 Å². The van der Waals surface area contributed by atoms with Crippen LogP contribution in [-0.2, 0) is 6.54 Å². The summed E-state index contributed by atoms with van der Waals surface area (Å²) >= 11 is 0. The summed E-state index contributed by atoms with van der Waals surface area (Å²) in [5.41, 5.74) is 5.16. The first-order chi connectivity index (χ1) is 15.3. The molecular formula is C27H20N4. The van der Waals surface area contributed by atoms with Gasteiger partial charge < -0.3 is 9.88 Å². The highest BCUT2D eigenvalue weighted by Crippen LogP contribution is 2.24. The van der Waals surface area contributed by atoms with E-state index in [1.54, 1.807) is 6.20 Å². The van der Waals surface area contributed by atoms with Crippen LogP contribution in [0.15, 0.2) is 104 Å². The van der Waals surface area contributed by atoms with Crippen LogP contribution in [0.2, 0.25) is 0 Å². The van der Waals surface area contributed by atoms with Crippen molar-refractivity contribution in [1.82, 2.24) is 14.5 Å². The fourth-order valence-electron chi connectivity index (χ4n) is 3.51. The average molecular weight is 400 g/mol. The molecule has 0 bridgehead atoms. The summed E-state index contributed by atoms with van der Waals surface area (Å²) in [7, 11) is 0. The minimum Gasteiger partial charge on any atom is -0.343 e. The first-order valence-electron chi connectivity index (χ1n) is 10.1. The van der Waals surface area contributed by atoms with Crippen LogP contribution < -0.4 is 5.32 Å². The molecule has 0 aliphatic carbocycles. The Bertz CT molecular complexity index is 1380. The quantitative estimate of drug-likeness (QED) is 0.398. The van der Waals surface area contributed by atoms with Gasteiger partial charge in [-0.3, -0.25) is 0 Å². The van der Waals surface area contributed by atoms with Gasteiger partial charge in [-0.1, -0.05) is 60.4 Å². The van der Waals surface area contributed by atoms with Gasteiger partial charge in [-0.25, -0.2) is 9.97 Å². The minimum atomic E-state index is 0.696. The summed E-state index contributed by atoms with van der Waals surface area (Å²) in [5.74, 6) is 7.04. The molecule has 0 aliphatic rings. The van der Waals surface area contributed by atoms with Gasteiger partial charge in [-0.2, -0.15) is 0 Å². The molecule has 3 aromatic carbocycles. The number of nitrogens with zero attached hydrogens (tertiary/aromatic N) is 3. The monoisotopic (exact) mass is 400 g/mol. The van der Waals surface area contributed by atoms with Gasteiger partial charge in [-0.15, -0.1) is 0 Å². The van der Waals surface area contributed by atoms with E-state index < -0.39 is 0 Å². The molecule has 2 heterocycles. The van der Waals surface area contributed by atoms with Crippen LogP contribution in [0.3, 0.4) is 0 Å². The van der Waals surface area contributed by atoms with Crippen molar-refractivity contribution in [2.75, 3.05) is 5.32 Å². The largest absolute Gasteiger partial charge is 0.343 e. The van der Waals surface area contributed by atoms with Gasteiger partial charge in [0.2, 0.25) is 0 Å². The van der Waals surface area contributed by atoms with E-state index in [2.05, 4.69) is 86.4 Å². The maximum absolute atomic E-state index is 4.40. The maximum atomic E-state index is 4.40. The van der Waals surface area contributed by atoms with Crippen LogP contribution >= 0.6 is 0 Å². The minimum absolute atomic E-state index is 0.696. The Morgan fingerprint density at radius 2 is 1.65 bits per heavy atom. The number of hydrogen-bond acceptors (Lipinski definition) is 3. The fraction of sp³-hybridized carbons (Fsp3) is 0.0370. The molecule has 2 aromatic heterocycles. The van der Waals surface area contributed by atoms with Gasteiger partial charge >= 0.3 is 0 Å². The van der Waals surface area contributed by atoms with Crippen LogP contribution in [0, 0.1) is 11.8 Å². The van der Waals surface area contributed by atoms with E-state index in [0.29, 0.717) is 5.82 Å². The lowest BCUT2D eigenvalue weighted by Gasteiger charge is -2.09. The Morgan fingerprint density at radius 1 is 0.839 bits per heavy atom. The number of aromatic nitrogens is 3. The molecule has 4 nitrogen and oxygen atoms in total. The summed E-state index contributed by atoms with van der Waals surface area (Å²) in [5, 5.41) is 4.57. The summed E-state index contributed by atoms with van der Waals surface area (Å²) in [6.07, 6.45) is 5.40. The highest BCUT2D eigenvalue weighted by atomic mass is 15.0. The Kier molecular flexibility index (Phi) is 5.15. The molecule has 0 radical (unpaired) electrons. The number of rotatable bonds is 4. The van der Waals surface area contributed by atoms with Crippen molar-refractivity contribution in [3.8, 4) is 11.8 Å². The molecule has 1 N–H and O–H groups in total. The Balaban J connectivity index is 1.40. The van der Waals surface area contributed by atoms with E-state index in [0.717, 1.165) is 23.4 Å². The second-order valence-electron chi connectivity index (χ2n) is 7.23. The number of fused-ring (bicyclic) bond motifs is 1. The molecule has 0 spiro atoms. The summed E-state index contributed by atoms with van der Waals surface area (Å²) < 4.78 is 2.26. The van der Waals surface area contributed by atoms with Crippen molar-refractivity contribution < 1.29 is 0 Å². The number of anilines is 2. The van der Waals surface area contributed by atoms with Gasteiger partial charge in [0.1, 0.15) is 12.1 Å². The Hall–Kier alpha value is -4.36. The zero-order chi connectivity index (χ0) is 20.9. The molecule has 0 fully saturated rings. The van der Waals surface area contributed by atoms with Crippen molar-refractivity contribution >= 4 is 22.4 Å². The standard InChI is InChI=1S/C27H20N4/c1-3-7-21(8-4-1)11-12-24-18-28-20-29-27(24)30-25-13-14-26-23(17-25)15-16-31(26)19-22-9-5-2-6-10-22/h1-10,13-18,20H,19H2,(H,28,29,30). The summed E-state index contributed by atoms with van der Waals surface area (Å²) in [6, 6.07) is 28.9. The SMILES string of the molecule is C(#Cc1cncnc1Nc1ccc2c(ccn2Cc2ccccc2)c1)c1ccccc1. The molecule has 0 unspecified atom stereocenters. The fourth-order valence-corrected chi connectivity index (χ4v) is 3.51. The number of benzene rings is 3. The van der Waals surface area contributed by atoms with E-state index >= 15 is 0 Å². The molecule has 0 amide bonds. The van der Waals surface area contributed by atoms with Crippen molar-refractivity contribution in [3.63, 3.8) is 0 Å². The van der Waals surface area contributed by atoms with Crippen LogP contribution in [0.1, 0.15) is 16.7 Å². The third-order valence-electron chi connectivity index (χ3n) is 5.06. The summed E-state index contributed by atoms with van der Waals surface area (Å²) in [4.78, 5) is 8.53. The van der Waals surface area contributed by atoms with Gasteiger partial charge in [0.25, 0.3) is 0 Å². The third-order valence-corrected chi connectivity index (χ3v) is 5.06. The van der Waals surface area contributed by atoms with Gasteiger partial charge in [0.05, 0.1) is 5.56 Å². The average Bonchev–Trinajstić information content (AvgIpc) is 3.22. The lowest BCUT2D eigenvalue weighted by Crippen LogP contribution is -1.99. The molecule has 31 heavy (non-hydrogen) atoms. The van der Waals surface area contributed by atoms with Gasteiger partial charge in [-0.05, 0) is 42.0 Å². The molecule has 4 heteroatoms. The number of nitrogens with one attached hydrogen (secondary N) is 1. The van der Waals surface area contributed by atoms with Crippen LogP contribution in [0.25, 0.3) is 10.9 Å². The predicted octanol–water partition coefficient (Wildman–Crippen LogP) is 5.62. The molecule has 5 rings (SSSR count). The van der Waals surface area contributed by atoms with Crippen LogP contribution in [0.5, 0.6) is 0 Å². The van der Waals surface area contributed by atoms with E-state index in [4.69, 9.17) is 0 Å². The lowest BCUT2D eigenvalue weighted by molar-refractivity contribution is 0.837. The van der Waals surface area contributed by atoms with E-state index in [1.165, 1.54) is 22.8 Å². The predicted molar refractivity (Wildman–Crippen MR) is 125 cm³/mol. The van der Waals surface area contributed by atoms with Crippen molar-refractivity contribution in [2.45, 2.75) is 6.54 Å². The number of hydrogen-bond donors (Lipinski definition) is 1. The molecule has 0 saturated heterocycles. The van der Waals surface area contributed by atoms with E-state index in [9.17, 15) is 0 Å². The molecule has 5 aromatic rings. The third kappa shape index (κ3) is 4.31. The second kappa shape index (κ2) is 8.56. The van der Waals surface area contributed by atoms with Crippen LogP contribution in [-0.4, -0.2) is 14.5 Å². The Morgan fingerprint density at radius 3 is 2.48 bits per heavy atom. The van der Waals surface area contributed by atoms with E-state index in [1.807, 2.05) is 36.4 Å². The second-order valence-corrected chi connectivity index (χ2v) is 7.23. The van der Waals surface area contributed by atoms with Crippen molar-refractivity contribution in [3.05, 3.63) is 120 Å². The summed E-state index contributed by atoms with van der Waals surface area (Å²) in [6.45, 7) is 0.849. The van der Waals surface area contributed by atoms with Crippen molar-refractivity contribution in [2.24, 2.45) is 0 Å². The smallest absolute Gasteiger partial charge is 0.149 e. The maximum Gasteiger partial charge on any atom is 0.149 e. The molecule has 148 valence electrons. The molecule has 0 saturated carbocycles. The van der Waals surface area contributed by atoms with Crippen molar-refractivity contribution in [1.29, 1.82) is 0 Å². The van der Waals surface area contributed by atoms with E-state index in [-0.39, 0.29) is 0 Å².